The number of carbonyl (C=O) groups is 1. The van der Waals surface area contributed by atoms with Gasteiger partial charge in [0.2, 0.25) is 0 Å². The molecule has 1 aromatic rings. The van der Waals surface area contributed by atoms with Gasteiger partial charge in [-0.15, -0.1) is 0 Å². The lowest BCUT2D eigenvalue weighted by atomic mass is 10.1. The Morgan fingerprint density at radius 3 is 2.67 bits per heavy atom. The van der Waals surface area contributed by atoms with Gasteiger partial charge in [-0.3, -0.25) is 0 Å². The number of ether oxygens (including phenoxy) is 1. The Morgan fingerprint density at radius 1 is 1.53 bits per heavy atom. The van der Waals surface area contributed by atoms with Crippen molar-refractivity contribution in [1.29, 1.82) is 0 Å². The molecule has 0 radical (unpaired) electrons. The minimum Gasteiger partial charge on any atom is -0.453 e. The zero-order chi connectivity index (χ0) is 11.3. The van der Waals surface area contributed by atoms with Crippen LogP contribution < -0.4 is 0 Å². The van der Waals surface area contributed by atoms with E-state index in [2.05, 4.69) is 5.16 Å². The molecule has 0 aromatic heterocycles. The van der Waals surface area contributed by atoms with E-state index in [0.29, 0.717) is 11.8 Å². The Labute approximate surface area is 86.0 Å². The van der Waals surface area contributed by atoms with Gasteiger partial charge in [0.1, 0.15) is 11.9 Å². The maximum atomic E-state index is 12.6. The van der Waals surface area contributed by atoms with Crippen molar-refractivity contribution < 1.29 is 19.1 Å². The molecule has 0 fully saturated rings. The van der Waals surface area contributed by atoms with Crippen molar-refractivity contribution in [2.45, 2.75) is 13.0 Å². The molecule has 0 saturated heterocycles. The molecule has 4 nitrogen and oxygen atoms in total. The molecule has 0 spiro atoms. The van der Waals surface area contributed by atoms with E-state index in [1.54, 1.807) is 6.92 Å². The number of benzene rings is 1. The normalized spacial score (nSPS) is 12.7. The van der Waals surface area contributed by atoms with Gasteiger partial charge in [-0.1, -0.05) is 17.3 Å². The van der Waals surface area contributed by atoms with Gasteiger partial charge >= 0.3 is 5.97 Å². The van der Waals surface area contributed by atoms with E-state index in [9.17, 15) is 9.18 Å². The van der Waals surface area contributed by atoms with Crippen molar-refractivity contribution in [3.8, 4) is 0 Å². The summed E-state index contributed by atoms with van der Waals surface area (Å²) in [5.41, 5.74) is 0.663. The molecule has 0 bridgehead atoms. The van der Waals surface area contributed by atoms with Crippen molar-refractivity contribution in [3.05, 3.63) is 35.6 Å². The minimum atomic E-state index is -0.755. The Hall–Kier alpha value is -1.91. The van der Waals surface area contributed by atoms with Gasteiger partial charge in [0, 0.05) is 0 Å². The summed E-state index contributed by atoms with van der Waals surface area (Å²) in [7, 11) is 0. The van der Waals surface area contributed by atoms with Crippen LogP contribution in [0.1, 0.15) is 18.6 Å². The molecular formula is C10H10FNO3. The van der Waals surface area contributed by atoms with Crippen LogP contribution >= 0.6 is 0 Å². The Kier molecular flexibility index (Phi) is 3.79. The summed E-state index contributed by atoms with van der Waals surface area (Å²) in [6.07, 6.45) is 0.135. The highest BCUT2D eigenvalue weighted by molar-refractivity contribution is 6.22. The molecule has 1 aromatic carbocycles. The van der Waals surface area contributed by atoms with Crippen LogP contribution in [0, 0.1) is 5.82 Å². The first-order valence-corrected chi connectivity index (χ1v) is 4.27. The average Bonchev–Trinajstić information content (AvgIpc) is 2.18. The number of nitrogens with zero attached hydrogens (tertiary/aromatic N) is 1. The first-order chi connectivity index (χ1) is 7.13. The highest BCUT2D eigenvalue weighted by Gasteiger charge is 2.09. The molecule has 1 rings (SSSR count). The Bertz CT molecular complexity index is 361. The summed E-state index contributed by atoms with van der Waals surface area (Å²) >= 11 is 0. The van der Waals surface area contributed by atoms with Gasteiger partial charge in [0.15, 0.2) is 6.21 Å². The molecule has 1 N–H and O–H groups in total. The molecule has 0 amide bonds. The van der Waals surface area contributed by atoms with Gasteiger partial charge < -0.3 is 9.94 Å². The van der Waals surface area contributed by atoms with Crippen LogP contribution in [0.15, 0.2) is 29.4 Å². The van der Waals surface area contributed by atoms with Gasteiger partial charge in [0.05, 0.1) is 0 Å². The first kappa shape index (κ1) is 11.2. The summed E-state index contributed by atoms with van der Waals surface area (Å²) in [5.74, 6) is -1.11. The van der Waals surface area contributed by atoms with E-state index in [-0.39, 0.29) is 5.82 Å². The second-order valence-corrected chi connectivity index (χ2v) is 2.88. The van der Waals surface area contributed by atoms with Crippen LogP contribution in [0.25, 0.3) is 0 Å². The smallest absolute Gasteiger partial charge is 0.353 e. The van der Waals surface area contributed by atoms with Gasteiger partial charge in [-0.05, 0) is 24.6 Å². The molecule has 1 unspecified atom stereocenters. The molecule has 1 atom stereocenters. The van der Waals surface area contributed by atoms with E-state index in [0.717, 1.165) is 0 Å². The SMILES string of the molecule is CC(OC(=O)/C=N/O)c1ccc(F)cc1. The summed E-state index contributed by atoms with van der Waals surface area (Å²) in [6.45, 7) is 1.64. The van der Waals surface area contributed by atoms with E-state index in [4.69, 9.17) is 9.94 Å². The maximum absolute atomic E-state index is 12.6. The molecule has 0 saturated carbocycles. The third-order valence-electron chi connectivity index (χ3n) is 1.80. The highest BCUT2D eigenvalue weighted by Crippen LogP contribution is 2.16. The number of hydrogen-bond acceptors (Lipinski definition) is 4. The van der Waals surface area contributed by atoms with E-state index in [1.807, 2.05) is 0 Å². The molecule has 80 valence electrons. The molecular weight excluding hydrogens is 201 g/mol. The quantitative estimate of drug-likeness (QED) is 0.359. The van der Waals surface area contributed by atoms with Crippen LogP contribution in [-0.2, 0) is 9.53 Å². The number of hydrogen-bond donors (Lipinski definition) is 1. The van der Waals surface area contributed by atoms with Crippen LogP contribution in [0.5, 0.6) is 0 Å². The van der Waals surface area contributed by atoms with Crippen molar-refractivity contribution in [1.82, 2.24) is 0 Å². The van der Waals surface area contributed by atoms with Crippen molar-refractivity contribution in [2.24, 2.45) is 5.16 Å². The van der Waals surface area contributed by atoms with Crippen LogP contribution in [-0.4, -0.2) is 17.4 Å². The average molecular weight is 211 g/mol. The lowest BCUT2D eigenvalue weighted by Gasteiger charge is -2.11. The third kappa shape index (κ3) is 3.38. The molecule has 5 heteroatoms. The Balaban J connectivity index is 2.64. The lowest BCUT2D eigenvalue weighted by molar-refractivity contribution is -0.139. The fourth-order valence-corrected chi connectivity index (χ4v) is 1.05. The summed E-state index contributed by atoms with van der Waals surface area (Å²) in [5, 5.41) is 10.6. The summed E-state index contributed by atoms with van der Waals surface area (Å²) in [4.78, 5) is 10.9. The van der Waals surface area contributed by atoms with Crippen LogP contribution in [0.4, 0.5) is 4.39 Å². The summed E-state index contributed by atoms with van der Waals surface area (Å²) in [6, 6.07) is 5.59. The predicted molar refractivity (Wildman–Crippen MR) is 51.2 cm³/mol. The van der Waals surface area contributed by atoms with Crippen LogP contribution in [0.3, 0.4) is 0 Å². The molecule has 0 aliphatic carbocycles. The molecule has 0 heterocycles. The standard InChI is InChI=1S/C10H10FNO3/c1-7(15-10(13)6-12-14)8-2-4-9(11)5-3-8/h2-7,14H,1H3/b12-6+. The van der Waals surface area contributed by atoms with E-state index < -0.39 is 12.1 Å². The van der Waals surface area contributed by atoms with Crippen molar-refractivity contribution in [2.75, 3.05) is 0 Å². The third-order valence-corrected chi connectivity index (χ3v) is 1.80. The van der Waals surface area contributed by atoms with Gasteiger partial charge in [-0.2, -0.15) is 0 Å². The number of oxime groups is 1. The summed E-state index contributed by atoms with van der Waals surface area (Å²) < 4.78 is 17.4. The van der Waals surface area contributed by atoms with Gasteiger partial charge in [-0.25, -0.2) is 9.18 Å². The van der Waals surface area contributed by atoms with Crippen molar-refractivity contribution >= 4 is 12.2 Å². The molecule has 0 aliphatic rings. The fraction of sp³-hybridized carbons (Fsp3) is 0.200. The van der Waals surface area contributed by atoms with Crippen molar-refractivity contribution in [3.63, 3.8) is 0 Å². The van der Waals surface area contributed by atoms with E-state index >= 15 is 0 Å². The highest BCUT2D eigenvalue weighted by atomic mass is 19.1. The maximum Gasteiger partial charge on any atom is 0.353 e. The lowest BCUT2D eigenvalue weighted by Crippen LogP contribution is -2.09. The number of rotatable bonds is 3. The predicted octanol–water partition coefficient (Wildman–Crippen LogP) is 1.89. The fourth-order valence-electron chi connectivity index (χ4n) is 1.05. The Morgan fingerprint density at radius 2 is 2.13 bits per heavy atom. The monoisotopic (exact) mass is 211 g/mol. The minimum absolute atomic E-state index is 0.353. The zero-order valence-electron chi connectivity index (χ0n) is 8.05. The molecule has 15 heavy (non-hydrogen) atoms. The largest absolute Gasteiger partial charge is 0.453 e. The molecule has 0 aliphatic heterocycles. The topological polar surface area (TPSA) is 58.9 Å². The van der Waals surface area contributed by atoms with Gasteiger partial charge in [0.25, 0.3) is 0 Å². The number of halogens is 1. The zero-order valence-corrected chi connectivity index (χ0v) is 8.05. The first-order valence-electron chi connectivity index (χ1n) is 4.27. The van der Waals surface area contributed by atoms with E-state index in [1.165, 1.54) is 24.3 Å². The second kappa shape index (κ2) is 5.09. The second-order valence-electron chi connectivity index (χ2n) is 2.88. The number of carbonyl (C=O) groups excluding carboxylic acids is 1. The van der Waals surface area contributed by atoms with Crippen LogP contribution in [0.2, 0.25) is 0 Å². The number of esters is 1.